The number of nitrogens with two attached hydrogens (primary N) is 1. The predicted molar refractivity (Wildman–Crippen MR) is 87.2 cm³/mol. The van der Waals surface area contributed by atoms with Gasteiger partial charge in [0.15, 0.2) is 0 Å². The number of carbonyl (C=O) groups is 1. The Hall–Kier alpha value is -1.43. The Kier molecular flexibility index (Phi) is 3.73. The van der Waals surface area contributed by atoms with Gasteiger partial charge in [-0.05, 0) is 35.4 Å². The second-order valence-corrected chi connectivity index (χ2v) is 7.56. The van der Waals surface area contributed by atoms with Crippen molar-refractivity contribution in [3.8, 4) is 0 Å². The van der Waals surface area contributed by atoms with Crippen molar-refractivity contribution in [2.24, 2.45) is 11.3 Å². The minimum absolute atomic E-state index is 0.190. The van der Waals surface area contributed by atoms with E-state index in [1.54, 1.807) is 0 Å². The molecule has 1 aliphatic rings. The Balaban J connectivity index is 1.98. The standard InChI is InChI=1S/C16H21N3OS/c1-16(2)7-8-19(10-16)9-12-11-5-3-4-6-13(11)21-14(12)15(20)18-17/h3-6H,7-10,17H2,1-2H3,(H,18,20). The van der Waals surface area contributed by atoms with E-state index in [4.69, 9.17) is 5.84 Å². The van der Waals surface area contributed by atoms with E-state index in [0.29, 0.717) is 5.41 Å². The number of carbonyl (C=O) groups excluding carboxylic acids is 1. The summed E-state index contributed by atoms with van der Waals surface area (Å²) in [5.74, 6) is 5.15. The number of amides is 1. The maximum absolute atomic E-state index is 12.1. The SMILES string of the molecule is CC1(C)CCN(Cc2c(C(=O)NN)sc3ccccc23)C1. The molecule has 3 N–H and O–H groups in total. The molecule has 0 spiro atoms. The normalized spacial score (nSPS) is 18.2. The Bertz CT molecular complexity index is 677. The Morgan fingerprint density at radius 3 is 2.86 bits per heavy atom. The van der Waals surface area contributed by atoms with Crippen LogP contribution in [0, 0.1) is 5.41 Å². The summed E-state index contributed by atoms with van der Waals surface area (Å²) in [6, 6.07) is 8.18. The number of nitrogens with zero attached hydrogens (tertiary/aromatic N) is 1. The summed E-state index contributed by atoms with van der Waals surface area (Å²) < 4.78 is 1.14. The fraction of sp³-hybridized carbons (Fsp3) is 0.438. The number of hydrazine groups is 1. The van der Waals surface area contributed by atoms with E-state index < -0.39 is 0 Å². The van der Waals surface area contributed by atoms with Gasteiger partial charge in [0.1, 0.15) is 0 Å². The first kappa shape index (κ1) is 14.5. The molecule has 4 nitrogen and oxygen atoms in total. The van der Waals surface area contributed by atoms with Gasteiger partial charge in [-0.1, -0.05) is 32.0 Å². The average Bonchev–Trinajstić information content (AvgIpc) is 2.99. The van der Waals surface area contributed by atoms with Crippen LogP contribution in [0.3, 0.4) is 0 Å². The highest BCUT2D eigenvalue weighted by Gasteiger charge is 2.30. The Morgan fingerprint density at radius 1 is 1.43 bits per heavy atom. The molecule has 21 heavy (non-hydrogen) atoms. The second-order valence-electron chi connectivity index (χ2n) is 6.50. The van der Waals surface area contributed by atoms with Gasteiger partial charge in [0.25, 0.3) is 5.91 Å². The maximum Gasteiger partial charge on any atom is 0.275 e. The maximum atomic E-state index is 12.1. The van der Waals surface area contributed by atoms with E-state index >= 15 is 0 Å². The van der Waals surface area contributed by atoms with Crippen molar-refractivity contribution >= 4 is 27.3 Å². The summed E-state index contributed by atoms with van der Waals surface area (Å²) in [6.07, 6.45) is 1.20. The molecule has 1 amide bonds. The van der Waals surface area contributed by atoms with Gasteiger partial charge in [-0.2, -0.15) is 0 Å². The summed E-state index contributed by atoms with van der Waals surface area (Å²) in [7, 11) is 0. The molecule has 1 saturated heterocycles. The van der Waals surface area contributed by atoms with Crippen LogP contribution >= 0.6 is 11.3 Å². The number of hydrogen-bond donors (Lipinski definition) is 2. The molecule has 2 heterocycles. The van der Waals surface area contributed by atoms with Crippen molar-refractivity contribution in [3.05, 3.63) is 34.7 Å². The van der Waals surface area contributed by atoms with Gasteiger partial charge in [-0.15, -0.1) is 11.3 Å². The Morgan fingerprint density at radius 2 is 2.19 bits per heavy atom. The lowest BCUT2D eigenvalue weighted by Crippen LogP contribution is -2.31. The third kappa shape index (κ3) is 2.81. The van der Waals surface area contributed by atoms with Gasteiger partial charge in [-0.3, -0.25) is 15.1 Å². The molecule has 0 unspecified atom stereocenters. The molecule has 1 aromatic heterocycles. The number of likely N-dealkylation sites (tertiary alicyclic amines) is 1. The van der Waals surface area contributed by atoms with Crippen molar-refractivity contribution in [2.45, 2.75) is 26.8 Å². The average molecular weight is 303 g/mol. The van der Waals surface area contributed by atoms with Gasteiger partial charge < -0.3 is 0 Å². The van der Waals surface area contributed by atoms with Crippen molar-refractivity contribution in [1.82, 2.24) is 10.3 Å². The minimum Gasteiger partial charge on any atom is -0.298 e. The molecule has 5 heteroatoms. The largest absolute Gasteiger partial charge is 0.298 e. The zero-order valence-electron chi connectivity index (χ0n) is 12.5. The van der Waals surface area contributed by atoms with Crippen LogP contribution in [-0.4, -0.2) is 23.9 Å². The zero-order valence-corrected chi connectivity index (χ0v) is 13.3. The summed E-state index contributed by atoms with van der Waals surface area (Å²) in [5, 5.41) is 1.17. The molecule has 0 atom stereocenters. The number of thiophene rings is 1. The fourth-order valence-corrected chi connectivity index (χ4v) is 4.20. The molecule has 112 valence electrons. The fourth-order valence-electron chi connectivity index (χ4n) is 3.09. The predicted octanol–water partition coefficient (Wildman–Crippen LogP) is 2.74. The van der Waals surface area contributed by atoms with Crippen LogP contribution in [0.2, 0.25) is 0 Å². The molecular formula is C16H21N3OS. The van der Waals surface area contributed by atoms with Crippen LogP contribution in [0.25, 0.3) is 10.1 Å². The number of benzene rings is 1. The van der Waals surface area contributed by atoms with Crippen LogP contribution in [0.5, 0.6) is 0 Å². The van der Waals surface area contributed by atoms with E-state index in [1.165, 1.54) is 23.1 Å². The highest BCUT2D eigenvalue weighted by atomic mass is 32.1. The topological polar surface area (TPSA) is 58.4 Å². The monoisotopic (exact) mass is 303 g/mol. The van der Waals surface area contributed by atoms with Crippen LogP contribution in [-0.2, 0) is 6.54 Å². The van der Waals surface area contributed by atoms with Crippen molar-refractivity contribution in [2.75, 3.05) is 13.1 Å². The van der Waals surface area contributed by atoms with E-state index in [2.05, 4.69) is 36.3 Å². The lowest BCUT2D eigenvalue weighted by Gasteiger charge is -2.20. The van der Waals surface area contributed by atoms with Gasteiger partial charge in [0.05, 0.1) is 4.88 Å². The zero-order chi connectivity index (χ0) is 15.0. The van der Waals surface area contributed by atoms with E-state index in [9.17, 15) is 4.79 Å². The first-order valence-electron chi connectivity index (χ1n) is 7.24. The minimum atomic E-state index is -0.190. The molecule has 1 aliphatic heterocycles. The summed E-state index contributed by atoms with van der Waals surface area (Å²) >= 11 is 1.52. The van der Waals surface area contributed by atoms with Gasteiger partial charge in [-0.25, -0.2) is 5.84 Å². The Labute approximate surface area is 128 Å². The highest BCUT2D eigenvalue weighted by Crippen LogP contribution is 2.35. The first-order chi connectivity index (χ1) is 10.00. The van der Waals surface area contributed by atoms with E-state index in [0.717, 1.165) is 34.8 Å². The summed E-state index contributed by atoms with van der Waals surface area (Å²) in [5.41, 5.74) is 3.75. The molecule has 0 saturated carbocycles. The third-order valence-electron chi connectivity index (χ3n) is 4.17. The second kappa shape index (κ2) is 5.40. The number of fused-ring (bicyclic) bond motifs is 1. The van der Waals surface area contributed by atoms with Crippen LogP contribution in [0.4, 0.5) is 0 Å². The molecule has 1 fully saturated rings. The lowest BCUT2D eigenvalue weighted by molar-refractivity contribution is 0.0956. The molecular weight excluding hydrogens is 282 g/mol. The van der Waals surface area contributed by atoms with Gasteiger partial charge in [0, 0.05) is 17.8 Å². The summed E-state index contributed by atoms with van der Waals surface area (Å²) in [6.45, 7) is 7.57. The first-order valence-corrected chi connectivity index (χ1v) is 8.05. The molecule has 1 aromatic carbocycles. The molecule has 0 aliphatic carbocycles. The van der Waals surface area contributed by atoms with Crippen molar-refractivity contribution in [3.63, 3.8) is 0 Å². The number of nitrogen functional groups attached to an aromatic ring is 1. The van der Waals surface area contributed by atoms with E-state index in [1.807, 2.05) is 12.1 Å². The highest BCUT2D eigenvalue weighted by molar-refractivity contribution is 7.21. The smallest absolute Gasteiger partial charge is 0.275 e. The van der Waals surface area contributed by atoms with E-state index in [-0.39, 0.29) is 5.91 Å². The van der Waals surface area contributed by atoms with Crippen LogP contribution in [0.1, 0.15) is 35.5 Å². The number of rotatable bonds is 3. The third-order valence-corrected chi connectivity index (χ3v) is 5.39. The summed E-state index contributed by atoms with van der Waals surface area (Å²) in [4.78, 5) is 15.2. The lowest BCUT2D eigenvalue weighted by atomic mass is 9.93. The van der Waals surface area contributed by atoms with Crippen LogP contribution in [0.15, 0.2) is 24.3 Å². The van der Waals surface area contributed by atoms with Crippen LogP contribution < -0.4 is 11.3 Å². The van der Waals surface area contributed by atoms with Gasteiger partial charge in [0.2, 0.25) is 0 Å². The molecule has 2 aromatic rings. The number of hydrogen-bond acceptors (Lipinski definition) is 4. The van der Waals surface area contributed by atoms with Crippen molar-refractivity contribution in [1.29, 1.82) is 0 Å². The van der Waals surface area contributed by atoms with Gasteiger partial charge >= 0.3 is 0 Å². The molecule has 0 bridgehead atoms. The number of nitrogens with one attached hydrogen (secondary N) is 1. The molecule has 0 radical (unpaired) electrons. The van der Waals surface area contributed by atoms with Crippen molar-refractivity contribution < 1.29 is 4.79 Å². The quantitative estimate of drug-likeness (QED) is 0.521. The molecule has 3 rings (SSSR count).